The molecule has 2 saturated heterocycles. The van der Waals surface area contributed by atoms with Gasteiger partial charge < -0.3 is 14.5 Å². The molecule has 1 amide bonds. The van der Waals surface area contributed by atoms with Gasteiger partial charge in [0.25, 0.3) is 5.91 Å². The fourth-order valence-corrected chi connectivity index (χ4v) is 4.07. The van der Waals surface area contributed by atoms with Crippen LogP contribution in [0.25, 0.3) is 0 Å². The molecular weight excluding hydrogens is 381 g/mol. The second kappa shape index (κ2) is 8.45. The third-order valence-electron chi connectivity index (χ3n) is 5.32. The van der Waals surface area contributed by atoms with Crippen molar-refractivity contribution in [2.75, 3.05) is 37.7 Å². The number of carbonyl (C=O) groups is 1. The molecule has 4 rings (SSSR count). The van der Waals surface area contributed by atoms with Crippen molar-refractivity contribution in [2.45, 2.75) is 25.4 Å². The first-order chi connectivity index (χ1) is 13.6. The van der Waals surface area contributed by atoms with Crippen molar-refractivity contribution in [1.29, 1.82) is 0 Å². The fourth-order valence-electron chi connectivity index (χ4n) is 3.78. The van der Waals surface area contributed by atoms with Crippen LogP contribution < -0.4 is 4.90 Å². The van der Waals surface area contributed by atoms with E-state index in [0.717, 1.165) is 31.5 Å². The number of carbonyl (C=O) groups excluding carboxylic acids is 1. The number of nitrogens with zero attached hydrogens (tertiary/aromatic N) is 3. The van der Waals surface area contributed by atoms with Gasteiger partial charge >= 0.3 is 0 Å². The van der Waals surface area contributed by atoms with Gasteiger partial charge in [-0.3, -0.25) is 4.79 Å². The smallest absolute Gasteiger partial charge is 0.255 e. The minimum absolute atomic E-state index is 0.00758. The lowest BCUT2D eigenvalue weighted by Gasteiger charge is -2.34. The van der Waals surface area contributed by atoms with E-state index in [2.05, 4.69) is 9.88 Å². The van der Waals surface area contributed by atoms with Crippen molar-refractivity contribution in [2.24, 2.45) is 0 Å². The number of likely N-dealkylation sites (tertiary alicyclic amines) is 1. The minimum atomic E-state index is -0.268. The van der Waals surface area contributed by atoms with Crippen molar-refractivity contribution < 1.29 is 13.9 Å². The standard InChI is InChI=1S/C21H23ClFN3O2/c22-18-12-16(21(27)25-8-2-1-3-9-25)13-24-20(18)26-10-11-28-19(14-26)15-4-6-17(23)7-5-15/h4-7,12-13,19H,1-3,8-11,14H2. The van der Waals surface area contributed by atoms with Crippen LogP contribution in [0.1, 0.15) is 41.3 Å². The van der Waals surface area contributed by atoms with Gasteiger partial charge in [0.15, 0.2) is 0 Å². The van der Waals surface area contributed by atoms with Crippen LogP contribution in [0.15, 0.2) is 36.5 Å². The normalized spacial score (nSPS) is 20.3. The van der Waals surface area contributed by atoms with E-state index in [-0.39, 0.29) is 17.8 Å². The Labute approximate surface area is 169 Å². The van der Waals surface area contributed by atoms with Crippen LogP contribution in [0.2, 0.25) is 5.02 Å². The number of pyridine rings is 1. The molecule has 0 saturated carbocycles. The molecular formula is C21H23ClFN3O2. The Kier molecular flexibility index (Phi) is 5.78. The van der Waals surface area contributed by atoms with Crippen LogP contribution in [0, 0.1) is 5.82 Å². The molecule has 28 heavy (non-hydrogen) atoms. The first-order valence-corrected chi connectivity index (χ1v) is 10.1. The molecule has 1 aromatic heterocycles. The number of ether oxygens (including phenoxy) is 1. The number of benzene rings is 1. The highest BCUT2D eigenvalue weighted by atomic mass is 35.5. The van der Waals surface area contributed by atoms with Gasteiger partial charge in [0.1, 0.15) is 17.7 Å². The van der Waals surface area contributed by atoms with Gasteiger partial charge in [-0.2, -0.15) is 0 Å². The highest BCUT2D eigenvalue weighted by molar-refractivity contribution is 6.33. The lowest BCUT2D eigenvalue weighted by atomic mass is 10.1. The van der Waals surface area contributed by atoms with Gasteiger partial charge in [0.05, 0.1) is 17.2 Å². The Balaban J connectivity index is 1.49. The Morgan fingerprint density at radius 3 is 2.61 bits per heavy atom. The number of aromatic nitrogens is 1. The van der Waals surface area contributed by atoms with Crippen LogP contribution in [-0.4, -0.2) is 48.6 Å². The predicted octanol–water partition coefficient (Wildman–Crippen LogP) is 4.08. The Bertz CT molecular complexity index is 840. The lowest BCUT2D eigenvalue weighted by Crippen LogP contribution is -2.39. The summed E-state index contributed by atoms with van der Waals surface area (Å²) in [7, 11) is 0. The van der Waals surface area contributed by atoms with E-state index in [1.165, 1.54) is 18.6 Å². The second-order valence-electron chi connectivity index (χ2n) is 7.24. The highest BCUT2D eigenvalue weighted by Crippen LogP contribution is 2.30. The molecule has 1 unspecified atom stereocenters. The number of piperidine rings is 1. The molecule has 0 spiro atoms. The lowest BCUT2D eigenvalue weighted by molar-refractivity contribution is 0.0395. The minimum Gasteiger partial charge on any atom is -0.370 e. The molecule has 1 aromatic carbocycles. The number of anilines is 1. The Morgan fingerprint density at radius 2 is 1.89 bits per heavy atom. The number of rotatable bonds is 3. The van der Waals surface area contributed by atoms with Gasteiger partial charge in [-0.1, -0.05) is 23.7 Å². The first kappa shape index (κ1) is 19.2. The van der Waals surface area contributed by atoms with Crippen LogP contribution in [0.3, 0.4) is 0 Å². The molecule has 2 aromatic rings. The summed E-state index contributed by atoms with van der Waals surface area (Å²) < 4.78 is 19.0. The molecule has 1 atom stereocenters. The topological polar surface area (TPSA) is 45.7 Å². The summed E-state index contributed by atoms with van der Waals surface area (Å²) in [5, 5.41) is 0.461. The SMILES string of the molecule is O=C(c1cnc(N2CCOC(c3ccc(F)cc3)C2)c(Cl)c1)N1CCCCC1. The molecule has 0 aliphatic carbocycles. The number of morpholine rings is 1. The third-order valence-corrected chi connectivity index (χ3v) is 5.60. The summed E-state index contributed by atoms with van der Waals surface area (Å²) >= 11 is 6.49. The summed E-state index contributed by atoms with van der Waals surface area (Å²) in [6, 6.07) is 8.05. The monoisotopic (exact) mass is 403 g/mol. The van der Waals surface area contributed by atoms with E-state index in [1.54, 1.807) is 24.4 Å². The highest BCUT2D eigenvalue weighted by Gasteiger charge is 2.26. The molecule has 3 heterocycles. The summed E-state index contributed by atoms with van der Waals surface area (Å²) in [5.74, 6) is 0.370. The average Bonchev–Trinajstić information content (AvgIpc) is 2.74. The predicted molar refractivity (Wildman–Crippen MR) is 106 cm³/mol. The van der Waals surface area contributed by atoms with Crippen LogP contribution in [-0.2, 0) is 4.74 Å². The van der Waals surface area contributed by atoms with E-state index in [1.807, 2.05) is 4.90 Å². The zero-order valence-corrected chi connectivity index (χ0v) is 16.4. The van der Waals surface area contributed by atoms with Crippen molar-refractivity contribution in [3.05, 3.63) is 58.5 Å². The zero-order chi connectivity index (χ0) is 19.5. The molecule has 0 bridgehead atoms. The Morgan fingerprint density at radius 1 is 1.14 bits per heavy atom. The van der Waals surface area contributed by atoms with E-state index in [9.17, 15) is 9.18 Å². The number of amides is 1. The molecule has 7 heteroatoms. The Hall–Kier alpha value is -2.18. The average molecular weight is 404 g/mol. The molecule has 2 fully saturated rings. The van der Waals surface area contributed by atoms with Crippen LogP contribution in [0.5, 0.6) is 0 Å². The molecule has 0 N–H and O–H groups in total. The molecule has 2 aliphatic rings. The molecule has 148 valence electrons. The quantitative estimate of drug-likeness (QED) is 0.774. The van der Waals surface area contributed by atoms with Gasteiger partial charge in [-0.15, -0.1) is 0 Å². The van der Waals surface area contributed by atoms with Crippen molar-refractivity contribution in [3.63, 3.8) is 0 Å². The van der Waals surface area contributed by atoms with E-state index in [0.29, 0.717) is 36.1 Å². The molecule has 0 radical (unpaired) electrons. The molecule has 5 nitrogen and oxygen atoms in total. The zero-order valence-electron chi connectivity index (χ0n) is 15.6. The number of hydrogen-bond acceptors (Lipinski definition) is 4. The van der Waals surface area contributed by atoms with Gasteiger partial charge in [0.2, 0.25) is 0 Å². The number of hydrogen-bond donors (Lipinski definition) is 0. The van der Waals surface area contributed by atoms with E-state index in [4.69, 9.17) is 16.3 Å². The van der Waals surface area contributed by atoms with Crippen molar-refractivity contribution in [3.8, 4) is 0 Å². The maximum atomic E-state index is 13.2. The van der Waals surface area contributed by atoms with Gasteiger partial charge in [-0.25, -0.2) is 9.37 Å². The van der Waals surface area contributed by atoms with Crippen molar-refractivity contribution in [1.82, 2.24) is 9.88 Å². The number of halogens is 2. The molecule has 2 aliphatic heterocycles. The summed E-state index contributed by atoms with van der Waals surface area (Å²) in [5.41, 5.74) is 1.44. The maximum Gasteiger partial charge on any atom is 0.255 e. The first-order valence-electron chi connectivity index (χ1n) is 9.68. The van der Waals surface area contributed by atoms with E-state index >= 15 is 0 Å². The third kappa shape index (κ3) is 4.13. The maximum absolute atomic E-state index is 13.2. The van der Waals surface area contributed by atoms with Gasteiger partial charge in [0, 0.05) is 32.4 Å². The van der Waals surface area contributed by atoms with Crippen LogP contribution >= 0.6 is 11.6 Å². The van der Waals surface area contributed by atoms with Gasteiger partial charge in [-0.05, 0) is 43.0 Å². The largest absolute Gasteiger partial charge is 0.370 e. The summed E-state index contributed by atoms with van der Waals surface area (Å²) in [6.07, 6.45) is 4.70. The second-order valence-corrected chi connectivity index (χ2v) is 7.65. The van der Waals surface area contributed by atoms with Crippen LogP contribution in [0.4, 0.5) is 10.2 Å². The summed E-state index contributed by atoms with van der Waals surface area (Å²) in [4.78, 5) is 21.1. The van der Waals surface area contributed by atoms with Crippen molar-refractivity contribution >= 4 is 23.3 Å². The summed E-state index contributed by atoms with van der Waals surface area (Å²) in [6.45, 7) is 3.33. The fraction of sp³-hybridized carbons (Fsp3) is 0.429. The van der Waals surface area contributed by atoms with E-state index < -0.39 is 0 Å².